The summed E-state index contributed by atoms with van der Waals surface area (Å²) in [5.41, 5.74) is 1.13. The van der Waals surface area contributed by atoms with E-state index in [1.165, 1.54) is 0 Å². The molecule has 6 nitrogen and oxygen atoms in total. The van der Waals surface area contributed by atoms with Gasteiger partial charge in [0.2, 0.25) is 5.88 Å². The molecule has 0 amide bonds. The molecule has 0 saturated carbocycles. The molecule has 0 unspecified atom stereocenters. The molecule has 1 aromatic heterocycles. The summed E-state index contributed by atoms with van der Waals surface area (Å²) in [6.07, 6.45) is 4.77. The van der Waals surface area contributed by atoms with Crippen LogP contribution < -0.4 is 15.4 Å². The average molecular weight is 492 g/mol. The lowest BCUT2D eigenvalue weighted by atomic mass is 9.79. The SMILES string of the molecule is CCNC(=NCc1ccc(OC(C)C)nc1)NCC(CC)(CC)CCO.I. The molecule has 0 bridgehead atoms. The van der Waals surface area contributed by atoms with E-state index in [4.69, 9.17) is 4.74 Å². The van der Waals surface area contributed by atoms with E-state index < -0.39 is 0 Å². The summed E-state index contributed by atoms with van der Waals surface area (Å²) >= 11 is 0. The quantitative estimate of drug-likeness (QED) is 0.249. The molecule has 0 fully saturated rings. The minimum absolute atomic E-state index is 0. The zero-order chi connectivity index (χ0) is 19.4. The molecule has 0 aliphatic heterocycles. The van der Waals surface area contributed by atoms with Crippen LogP contribution in [0.1, 0.15) is 59.4 Å². The van der Waals surface area contributed by atoms with E-state index in [-0.39, 0.29) is 42.1 Å². The number of halogens is 1. The standard InChI is InChI=1S/C20H36N4O2.HI/c1-6-20(7-2,11-12-25)15-24-19(21-8-3)23-14-17-9-10-18(22-13-17)26-16(4)5;/h9-10,13,16,25H,6-8,11-12,14-15H2,1-5H3,(H2,21,23,24);1H. The lowest BCUT2D eigenvalue weighted by Gasteiger charge is -2.32. The predicted molar refractivity (Wildman–Crippen MR) is 123 cm³/mol. The Bertz CT molecular complexity index is 531. The highest BCUT2D eigenvalue weighted by Gasteiger charge is 2.25. The Morgan fingerprint density at radius 1 is 1.22 bits per heavy atom. The van der Waals surface area contributed by atoms with Crippen molar-refractivity contribution in [2.75, 3.05) is 19.7 Å². The fourth-order valence-electron chi connectivity index (χ4n) is 2.78. The van der Waals surface area contributed by atoms with Crippen LogP contribution in [0.25, 0.3) is 0 Å². The highest BCUT2D eigenvalue weighted by molar-refractivity contribution is 14.0. The van der Waals surface area contributed by atoms with Crippen LogP contribution in [0.2, 0.25) is 0 Å². The van der Waals surface area contributed by atoms with Gasteiger partial charge in [0.05, 0.1) is 12.6 Å². The molecule has 0 aromatic carbocycles. The van der Waals surface area contributed by atoms with Gasteiger partial charge in [-0.25, -0.2) is 9.98 Å². The van der Waals surface area contributed by atoms with Crippen molar-refractivity contribution in [2.24, 2.45) is 10.4 Å². The Morgan fingerprint density at radius 3 is 2.41 bits per heavy atom. The van der Waals surface area contributed by atoms with Crippen LogP contribution in [0.4, 0.5) is 0 Å². The van der Waals surface area contributed by atoms with Crippen molar-refractivity contribution in [3.63, 3.8) is 0 Å². The van der Waals surface area contributed by atoms with Crippen LogP contribution in [0.5, 0.6) is 5.88 Å². The van der Waals surface area contributed by atoms with E-state index >= 15 is 0 Å². The maximum Gasteiger partial charge on any atom is 0.213 e. The van der Waals surface area contributed by atoms with Gasteiger partial charge in [-0.3, -0.25) is 0 Å². The van der Waals surface area contributed by atoms with Gasteiger partial charge in [-0.15, -0.1) is 24.0 Å². The normalized spacial score (nSPS) is 11.9. The largest absolute Gasteiger partial charge is 0.475 e. The molecular formula is C20H37IN4O2. The second-order valence-electron chi connectivity index (χ2n) is 6.90. The van der Waals surface area contributed by atoms with Gasteiger partial charge in [0.25, 0.3) is 0 Å². The summed E-state index contributed by atoms with van der Waals surface area (Å²) < 4.78 is 5.56. The van der Waals surface area contributed by atoms with Crippen LogP contribution in [-0.2, 0) is 6.54 Å². The first-order chi connectivity index (χ1) is 12.5. The van der Waals surface area contributed by atoms with E-state index in [9.17, 15) is 5.11 Å². The zero-order valence-electron chi connectivity index (χ0n) is 17.4. The number of hydrogen-bond donors (Lipinski definition) is 3. The highest BCUT2D eigenvalue weighted by Crippen LogP contribution is 2.29. The number of guanidine groups is 1. The Kier molecular flexibility index (Phi) is 13.4. The minimum atomic E-state index is 0. The number of nitrogens with one attached hydrogen (secondary N) is 2. The third kappa shape index (κ3) is 9.60. The lowest BCUT2D eigenvalue weighted by molar-refractivity contribution is 0.169. The topological polar surface area (TPSA) is 78.8 Å². The number of nitrogens with zero attached hydrogens (tertiary/aromatic N) is 2. The second kappa shape index (κ2) is 14.0. The number of aliphatic imine (C=N–C) groups is 1. The van der Waals surface area contributed by atoms with Crippen molar-refractivity contribution in [1.82, 2.24) is 15.6 Å². The number of ether oxygens (including phenoxy) is 1. The van der Waals surface area contributed by atoms with Crippen LogP contribution in [0, 0.1) is 5.41 Å². The van der Waals surface area contributed by atoms with Gasteiger partial charge in [0.15, 0.2) is 5.96 Å². The molecule has 27 heavy (non-hydrogen) atoms. The van der Waals surface area contributed by atoms with Gasteiger partial charge in [0.1, 0.15) is 0 Å². The second-order valence-corrected chi connectivity index (χ2v) is 6.90. The van der Waals surface area contributed by atoms with Gasteiger partial charge >= 0.3 is 0 Å². The van der Waals surface area contributed by atoms with Crippen molar-refractivity contribution >= 4 is 29.9 Å². The smallest absolute Gasteiger partial charge is 0.213 e. The number of pyridine rings is 1. The van der Waals surface area contributed by atoms with Crippen molar-refractivity contribution in [2.45, 2.75) is 66.5 Å². The highest BCUT2D eigenvalue weighted by atomic mass is 127. The fourth-order valence-corrected chi connectivity index (χ4v) is 2.78. The Morgan fingerprint density at radius 2 is 1.93 bits per heavy atom. The molecule has 0 aliphatic rings. The van der Waals surface area contributed by atoms with E-state index in [1.54, 1.807) is 6.20 Å². The summed E-state index contributed by atoms with van der Waals surface area (Å²) in [5, 5.41) is 16.1. The van der Waals surface area contributed by atoms with Crippen molar-refractivity contribution < 1.29 is 9.84 Å². The molecule has 156 valence electrons. The number of rotatable bonds is 11. The van der Waals surface area contributed by atoms with Crippen LogP contribution in [-0.4, -0.2) is 41.9 Å². The van der Waals surface area contributed by atoms with E-state index in [0.29, 0.717) is 12.4 Å². The van der Waals surface area contributed by atoms with Crippen molar-refractivity contribution in [1.29, 1.82) is 0 Å². The average Bonchev–Trinajstić information content (AvgIpc) is 2.63. The maximum absolute atomic E-state index is 9.37. The summed E-state index contributed by atoms with van der Waals surface area (Å²) in [6.45, 7) is 12.7. The van der Waals surface area contributed by atoms with E-state index in [0.717, 1.165) is 43.9 Å². The lowest BCUT2D eigenvalue weighted by Crippen LogP contribution is -2.43. The van der Waals surface area contributed by atoms with Gasteiger partial charge < -0.3 is 20.5 Å². The number of aliphatic hydroxyl groups excluding tert-OH is 1. The minimum Gasteiger partial charge on any atom is -0.475 e. The van der Waals surface area contributed by atoms with Gasteiger partial charge in [-0.05, 0) is 51.0 Å². The molecule has 0 spiro atoms. The predicted octanol–water partition coefficient (Wildman–Crippen LogP) is 3.73. The Hall–Kier alpha value is -1.09. The molecule has 1 rings (SSSR count). The Labute approximate surface area is 181 Å². The number of aromatic nitrogens is 1. The molecule has 3 N–H and O–H groups in total. The molecule has 0 radical (unpaired) electrons. The third-order valence-electron chi connectivity index (χ3n) is 4.69. The first-order valence-electron chi connectivity index (χ1n) is 9.73. The molecule has 1 heterocycles. The first-order valence-corrected chi connectivity index (χ1v) is 9.73. The summed E-state index contributed by atoms with van der Waals surface area (Å²) in [5.74, 6) is 1.43. The fraction of sp³-hybridized carbons (Fsp3) is 0.700. The van der Waals surface area contributed by atoms with Crippen LogP contribution >= 0.6 is 24.0 Å². The molecular weight excluding hydrogens is 455 g/mol. The summed E-state index contributed by atoms with van der Waals surface area (Å²) in [6, 6.07) is 3.87. The molecule has 0 aliphatic carbocycles. The zero-order valence-corrected chi connectivity index (χ0v) is 19.7. The number of aliphatic hydroxyl groups is 1. The molecule has 1 aromatic rings. The monoisotopic (exact) mass is 492 g/mol. The molecule has 7 heteroatoms. The summed E-state index contributed by atoms with van der Waals surface area (Å²) in [4.78, 5) is 8.98. The molecule has 0 atom stereocenters. The van der Waals surface area contributed by atoms with E-state index in [1.807, 2.05) is 26.0 Å². The number of hydrogen-bond acceptors (Lipinski definition) is 4. The van der Waals surface area contributed by atoms with Crippen LogP contribution in [0.15, 0.2) is 23.3 Å². The van der Waals surface area contributed by atoms with Gasteiger partial charge in [-0.1, -0.05) is 19.9 Å². The summed E-state index contributed by atoms with van der Waals surface area (Å²) in [7, 11) is 0. The molecule has 0 saturated heterocycles. The van der Waals surface area contributed by atoms with Gasteiger partial charge in [-0.2, -0.15) is 0 Å². The maximum atomic E-state index is 9.37. The van der Waals surface area contributed by atoms with Crippen molar-refractivity contribution in [3.8, 4) is 5.88 Å². The third-order valence-corrected chi connectivity index (χ3v) is 4.69. The Balaban J connectivity index is 0.00000676. The van der Waals surface area contributed by atoms with Gasteiger partial charge in [0, 0.05) is 32.0 Å². The van der Waals surface area contributed by atoms with Crippen LogP contribution in [0.3, 0.4) is 0 Å². The van der Waals surface area contributed by atoms with E-state index in [2.05, 4.69) is 41.4 Å². The van der Waals surface area contributed by atoms with Crippen molar-refractivity contribution in [3.05, 3.63) is 23.9 Å². The first kappa shape index (κ1) is 25.9.